The van der Waals surface area contributed by atoms with Gasteiger partial charge in [-0.1, -0.05) is 68.2 Å². The van der Waals surface area contributed by atoms with Gasteiger partial charge in [-0.15, -0.1) is 34.2 Å². The monoisotopic (exact) mass is 1200 g/mol. The molecule has 0 radical (unpaired) electrons. The first kappa shape index (κ1) is 61.8. The van der Waals surface area contributed by atoms with Gasteiger partial charge in [0.05, 0.1) is 0 Å². The van der Waals surface area contributed by atoms with E-state index in [9.17, 15) is 14.4 Å². The average molecular weight is 1200 g/mol. The first-order valence-corrected chi connectivity index (χ1v) is 29.0. The van der Waals surface area contributed by atoms with Gasteiger partial charge in [-0.3, -0.25) is 30.7 Å². The fraction of sp³-hybridized carbons (Fsp3) is 0.750. The Morgan fingerprint density at radius 3 is 1.00 bits per heavy atom. The summed E-state index contributed by atoms with van der Waals surface area (Å²) in [6.07, 6.45) is 3.75. The summed E-state index contributed by atoms with van der Waals surface area (Å²) in [6.45, 7) is 20.3. The molecule has 16 heteroatoms. The zero-order chi connectivity index (χ0) is 29.0. The van der Waals surface area contributed by atoms with E-state index in [1.807, 2.05) is 5.43 Å². The van der Waals surface area contributed by atoms with Crippen molar-refractivity contribution < 1.29 is 32.1 Å². The van der Waals surface area contributed by atoms with Crippen molar-refractivity contribution >= 4 is 116 Å². The molecule has 226 valence electrons. The molecular formula is C20H49I6N6O4-. The first-order valence-electron chi connectivity index (χ1n) is 10.1. The Labute approximate surface area is 290 Å². The van der Waals surface area contributed by atoms with Crippen molar-refractivity contribution in [2.24, 2.45) is 5.84 Å². The molecule has 0 bridgehead atoms. The number of aryl methyl sites for hydroxylation is 2. The topological polar surface area (TPSA) is 152 Å². The van der Waals surface area contributed by atoms with Gasteiger partial charge >= 0.3 is 50.5 Å². The quantitative estimate of drug-likeness (QED) is 0.125. The van der Waals surface area contributed by atoms with Crippen LogP contribution in [0.1, 0.15) is 101 Å². The molecule has 0 aliphatic rings. The second-order valence-corrected chi connectivity index (χ2v) is 21.8. The molecule has 3 amide bonds. The summed E-state index contributed by atoms with van der Waals surface area (Å²) in [5.41, 5.74) is 6.10. The molecule has 0 spiro atoms. The number of nitrogens with one attached hydrogen (secondary N) is 3. The van der Waals surface area contributed by atoms with E-state index >= 15 is 0 Å². The summed E-state index contributed by atoms with van der Waals surface area (Å²) in [4.78, 5) is 29.6. The number of hydrogen-bond donors (Lipinski definition) is 4. The molecule has 0 atom stereocenters. The number of nitrogens with two attached hydrogens (primary N) is 1. The number of carbonyl (C=O) groups excluding carboxylic acids is 3. The van der Waals surface area contributed by atoms with Crippen LogP contribution in [-0.4, -0.2) is 27.9 Å². The van der Waals surface area contributed by atoms with E-state index in [-0.39, 0.29) is 49.1 Å². The predicted molar refractivity (Wildman–Crippen MR) is 196 cm³/mol. The zero-order valence-electron chi connectivity index (χ0n) is 22.5. The Balaban J connectivity index is -0.0000000344. The summed E-state index contributed by atoms with van der Waals surface area (Å²) in [6, 6.07) is 0. The summed E-state index contributed by atoms with van der Waals surface area (Å²) in [5.74, 6) is 5.04. The molecule has 1 rings (SSSR count). The van der Waals surface area contributed by atoms with Crippen molar-refractivity contribution in [1.29, 1.82) is 0 Å². The molecule has 0 aromatic carbocycles. The number of hydrogen-bond acceptors (Lipinski definition) is 7. The minimum absolute atomic E-state index is 0. The van der Waals surface area contributed by atoms with Gasteiger partial charge in [-0.25, -0.2) is 5.84 Å². The van der Waals surface area contributed by atoms with Crippen LogP contribution in [-0.2, 0) is 14.4 Å². The predicted octanol–water partition coefficient (Wildman–Crippen LogP) is 4.91. The second-order valence-electron chi connectivity index (χ2n) is 5.58. The molecule has 1 aromatic heterocycles. The Morgan fingerprint density at radius 2 is 0.944 bits per heavy atom. The standard InChI is InChI=1S/C4H8N2O2.C4H6N2O.3C3H8.C2H6N2O.CH4.I3.I2.HI/c1-3(7)5-6-4(2)8;1-3-5-6-4(2)7-3;3*1-3-2;1-2(5)4-3;;1-3-2;1-2;/h1-2H3,(H,5,7)(H,6,8);1-2H3;3*3H2,1-2H3;3H2,1H3,(H,4,5);1H4;;;1H/q;;;;;;;-1;;. The Bertz CT molecular complexity index is 478. The van der Waals surface area contributed by atoms with Gasteiger partial charge in [-0.2, -0.15) is 0 Å². The molecule has 0 saturated carbocycles. The van der Waals surface area contributed by atoms with Crippen LogP contribution in [0.2, 0.25) is 0 Å². The number of halogens is 6. The number of rotatable bonds is 0. The van der Waals surface area contributed by atoms with Crippen molar-refractivity contribution in [2.45, 2.75) is 103 Å². The molecule has 0 unspecified atom stereocenters. The van der Waals surface area contributed by atoms with E-state index in [4.69, 9.17) is 4.42 Å². The van der Waals surface area contributed by atoms with E-state index in [1.54, 1.807) is 13.8 Å². The number of nitrogens with zero attached hydrogens (tertiary/aromatic N) is 2. The minimum atomic E-state index is -0.278. The number of amides is 3. The summed E-state index contributed by atoms with van der Waals surface area (Å²) >= 11 is 9.54. The maximum atomic E-state index is 10.0. The van der Waals surface area contributed by atoms with E-state index in [1.165, 1.54) is 40.0 Å². The van der Waals surface area contributed by atoms with Crippen LogP contribution in [0.4, 0.5) is 0 Å². The van der Waals surface area contributed by atoms with Crippen molar-refractivity contribution in [3.63, 3.8) is 0 Å². The Kier molecular flexibility index (Phi) is 113. The second kappa shape index (κ2) is 65.7. The van der Waals surface area contributed by atoms with E-state index in [0.29, 0.717) is 25.0 Å². The molecule has 1 aromatic rings. The van der Waals surface area contributed by atoms with Crippen LogP contribution >= 0.6 is 98.4 Å². The number of carbonyl (C=O) groups is 3. The van der Waals surface area contributed by atoms with Crippen molar-refractivity contribution in [3.05, 3.63) is 11.8 Å². The molecular weight excluding hydrogens is 1150 g/mol. The van der Waals surface area contributed by atoms with Gasteiger partial charge in [0.25, 0.3) is 0 Å². The van der Waals surface area contributed by atoms with Crippen LogP contribution in [0, 0.1) is 13.8 Å². The zero-order valence-corrected chi connectivity index (χ0v) is 35.6. The normalized spacial score (nSPS) is 6.78. The van der Waals surface area contributed by atoms with Gasteiger partial charge in [0.1, 0.15) is 0 Å². The van der Waals surface area contributed by atoms with Crippen molar-refractivity contribution in [2.75, 3.05) is 0 Å². The molecule has 5 N–H and O–H groups in total. The molecule has 0 saturated heterocycles. The number of hydrazine groups is 2. The average Bonchev–Trinajstić information content (AvgIpc) is 3.14. The summed E-state index contributed by atoms with van der Waals surface area (Å²) in [7, 11) is 0. The van der Waals surface area contributed by atoms with Crippen molar-refractivity contribution in [1.82, 2.24) is 26.5 Å². The van der Waals surface area contributed by atoms with Crippen LogP contribution in [0.25, 0.3) is 0 Å². The van der Waals surface area contributed by atoms with E-state index in [2.05, 4.69) is 143 Å². The Hall–Kier alpha value is 1.89. The molecule has 0 fully saturated rings. The molecule has 0 aliphatic carbocycles. The number of aromatic nitrogens is 2. The maximum absolute atomic E-state index is 10.0. The Morgan fingerprint density at radius 1 is 0.778 bits per heavy atom. The third kappa shape index (κ3) is 137. The van der Waals surface area contributed by atoms with E-state index < -0.39 is 0 Å². The summed E-state index contributed by atoms with van der Waals surface area (Å²) in [5, 5.41) is 7.20. The van der Waals surface area contributed by atoms with E-state index in [0.717, 1.165) is 0 Å². The van der Waals surface area contributed by atoms with Gasteiger partial charge in [0, 0.05) is 71.9 Å². The molecule has 36 heavy (non-hydrogen) atoms. The molecule has 1 heterocycles. The summed E-state index contributed by atoms with van der Waals surface area (Å²) < 4.78 is 4.86. The van der Waals surface area contributed by atoms with Crippen LogP contribution in [0.15, 0.2) is 4.42 Å². The molecule has 0 aliphatic heterocycles. The fourth-order valence-corrected chi connectivity index (χ4v) is 0.571. The van der Waals surface area contributed by atoms with Gasteiger partial charge in [0.15, 0.2) is 0 Å². The fourth-order valence-electron chi connectivity index (χ4n) is 0.571. The molecule has 10 nitrogen and oxygen atoms in total. The van der Waals surface area contributed by atoms with Crippen LogP contribution in [0.3, 0.4) is 0 Å². The van der Waals surface area contributed by atoms with Gasteiger partial charge in [0.2, 0.25) is 29.5 Å². The SMILES string of the molecule is C.CC(=O)NN.CC(=O)NNC(C)=O.CCC.CCC.CCC.Cc1nnc(C)o1.I.II.I[I-]I. The van der Waals surface area contributed by atoms with Gasteiger partial charge < -0.3 is 4.42 Å². The first-order chi connectivity index (χ1) is 15.8. The van der Waals surface area contributed by atoms with Gasteiger partial charge in [-0.05, 0) is 0 Å². The third-order valence-electron chi connectivity index (χ3n) is 1.24. The van der Waals surface area contributed by atoms with Crippen molar-refractivity contribution in [3.8, 4) is 0 Å². The van der Waals surface area contributed by atoms with Crippen LogP contribution < -0.4 is 35.4 Å². The van der Waals surface area contributed by atoms with Crippen LogP contribution in [0.5, 0.6) is 0 Å². The third-order valence-corrected chi connectivity index (χ3v) is 1.24.